The Morgan fingerprint density at radius 3 is 2.81 bits per heavy atom. The normalized spacial score (nSPS) is 25.2. The van der Waals surface area contributed by atoms with E-state index in [4.69, 9.17) is 0 Å². The standard InChI is InChI=1S/C14H20N2/c1-10-3-2-4-12-13(9-16-14(10)12)11-5-7-15-8-6-11/h2-4,11,13,15-16H,5-9H2,1H3. The molecule has 0 bridgehead atoms. The fourth-order valence-corrected chi connectivity index (χ4v) is 3.23. The molecule has 1 fully saturated rings. The van der Waals surface area contributed by atoms with Gasteiger partial charge in [-0.15, -0.1) is 0 Å². The van der Waals surface area contributed by atoms with Gasteiger partial charge in [0.2, 0.25) is 0 Å². The Morgan fingerprint density at radius 2 is 2.00 bits per heavy atom. The summed E-state index contributed by atoms with van der Waals surface area (Å²) in [5.74, 6) is 1.62. The second-order valence-corrected chi connectivity index (χ2v) is 5.11. The average molecular weight is 216 g/mol. The van der Waals surface area contributed by atoms with Crippen LogP contribution in [0.1, 0.15) is 29.9 Å². The van der Waals surface area contributed by atoms with Gasteiger partial charge in [-0.2, -0.15) is 0 Å². The van der Waals surface area contributed by atoms with E-state index in [1.165, 1.54) is 37.2 Å². The van der Waals surface area contributed by atoms with Crippen LogP contribution in [0.25, 0.3) is 0 Å². The number of rotatable bonds is 1. The van der Waals surface area contributed by atoms with Crippen molar-refractivity contribution in [3.63, 3.8) is 0 Å². The van der Waals surface area contributed by atoms with Crippen LogP contribution in [0.15, 0.2) is 18.2 Å². The molecular formula is C14H20N2. The summed E-state index contributed by atoms with van der Waals surface area (Å²) in [6, 6.07) is 6.72. The average Bonchev–Trinajstić information content (AvgIpc) is 2.75. The largest absolute Gasteiger partial charge is 0.384 e. The fourth-order valence-electron chi connectivity index (χ4n) is 3.23. The molecule has 1 saturated heterocycles. The zero-order valence-corrected chi connectivity index (χ0v) is 9.92. The van der Waals surface area contributed by atoms with Gasteiger partial charge in [0.1, 0.15) is 0 Å². The minimum Gasteiger partial charge on any atom is -0.384 e. The summed E-state index contributed by atoms with van der Waals surface area (Å²) < 4.78 is 0. The van der Waals surface area contributed by atoms with Crippen LogP contribution in [-0.2, 0) is 0 Å². The molecule has 1 unspecified atom stereocenters. The van der Waals surface area contributed by atoms with Crippen LogP contribution < -0.4 is 10.6 Å². The van der Waals surface area contributed by atoms with Crippen molar-refractivity contribution in [2.75, 3.05) is 25.0 Å². The van der Waals surface area contributed by atoms with Crippen molar-refractivity contribution in [2.24, 2.45) is 5.92 Å². The molecule has 2 nitrogen and oxygen atoms in total. The molecule has 2 aliphatic heterocycles. The van der Waals surface area contributed by atoms with Gasteiger partial charge in [-0.3, -0.25) is 0 Å². The molecule has 1 aromatic carbocycles. The van der Waals surface area contributed by atoms with Crippen LogP contribution in [0, 0.1) is 12.8 Å². The van der Waals surface area contributed by atoms with Gasteiger partial charge in [-0.1, -0.05) is 18.2 Å². The van der Waals surface area contributed by atoms with Crippen molar-refractivity contribution in [1.82, 2.24) is 5.32 Å². The quantitative estimate of drug-likeness (QED) is 0.753. The second-order valence-electron chi connectivity index (χ2n) is 5.11. The minimum atomic E-state index is 0.747. The van der Waals surface area contributed by atoms with Crippen LogP contribution >= 0.6 is 0 Å². The highest BCUT2D eigenvalue weighted by Gasteiger charge is 2.30. The Morgan fingerprint density at radius 1 is 1.19 bits per heavy atom. The zero-order valence-electron chi connectivity index (χ0n) is 9.92. The topological polar surface area (TPSA) is 24.1 Å². The number of anilines is 1. The summed E-state index contributed by atoms with van der Waals surface area (Å²) in [6.07, 6.45) is 2.67. The Bertz CT molecular complexity index is 380. The van der Waals surface area contributed by atoms with Gasteiger partial charge in [0.15, 0.2) is 0 Å². The van der Waals surface area contributed by atoms with E-state index in [9.17, 15) is 0 Å². The van der Waals surface area contributed by atoms with E-state index in [1.807, 2.05) is 0 Å². The SMILES string of the molecule is Cc1cccc2c1NCC2C1CCNCC1. The van der Waals surface area contributed by atoms with E-state index < -0.39 is 0 Å². The fraction of sp³-hybridized carbons (Fsp3) is 0.571. The van der Waals surface area contributed by atoms with Crippen molar-refractivity contribution in [1.29, 1.82) is 0 Å². The maximum atomic E-state index is 3.60. The van der Waals surface area contributed by atoms with Crippen molar-refractivity contribution in [3.8, 4) is 0 Å². The minimum absolute atomic E-state index is 0.747. The van der Waals surface area contributed by atoms with Crippen LogP contribution in [0.2, 0.25) is 0 Å². The molecule has 16 heavy (non-hydrogen) atoms. The van der Waals surface area contributed by atoms with Crippen LogP contribution in [0.3, 0.4) is 0 Å². The van der Waals surface area contributed by atoms with Crippen LogP contribution in [0.4, 0.5) is 5.69 Å². The van der Waals surface area contributed by atoms with E-state index in [0.29, 0.717) is 0 Å². The number of para-hydroxylation sites is 1. The Balaban J connectivity index is 1.87. The Labute approximate surface area is 97.4 Å². The lowest BCUT2D eigenvalue weighted by Crippen LogP contribution is -2.31. The molecule has 1 atom stereocenters. The molecule has 0 spiro atoms. The first-order valence-electron chi connectivity index (χ1n) is 6.40. The predicted octanol–water partition coefficient (Wildman–Crippen LogP) is 2.50. The number of aryl methyl sites for hydroxylation is 1. The molecule has 2 heterocycles. The summed E-state index contributed by atoms with van der Waals surface area (Å²) in [6.45, 7) is 5.74. The highest BCUT2D eigenvalue weighted by atomic mass is 14.9. The molecule has 0 aromatic heterocycles. The summed E-state index contributed by atoms with van der Waals surface area (Å²) in [5.41, 5.74) is 4.37. The lowest BCUT2D eigenvalue weighted by Gasteiger charge is -2.28. The molecule has 86 valence electrons. The third-order valence-corrected chi connectivity index (χ3v) is 4.16. The zero-order chi connectivity index (χ0) is 11.0. The van der Waals surface area contributed by atoms with Crippen molar-refractivity contribution < 1.29 is 0 Å². The number of benzene rings is 1. The Kier molecular flexibility index (Phi) is 2.60. The molecule has 0 amide bonds. The maximum absolute atomic E-state index is 3.60. The highest BCUT2D eigenvalue weighted by molar-refractivity contribution is 5.62. The molecule has 0 saturated carbocycles. The first-order valence-corrected chi connectivity index (χ1v) is 6.40. The molecule has 3 rings (SSSR count). The maximum Gasteiger partial charge on any atom is 0.0406 e. The van der Waals surface area contributed by atoms with E-state index >= 15 is 0 Å². The van der Waals surface area contributed by atoms with Gasteiger partial charge in [0, 0.05) is 18.2 Å². The summed E-state index contributed by atoms with van der Waals surface area (Å²) >= 11 is 0. The molecule has 1 aromatic rings. The van der Waals surface area contributed by atoms with Gasteiger partial charge in [0.05, 0.1) is 0 Å². The lowest BCUT2D eigenvalue weighted by molar-refractivity contribution is 0.330. The third kappa shape index (κ3) is 1.61. The summed E-state index contributed by atoms with van der Waals surface area (Å²) in [7, 11) is 0. The van der Waals surface area contributed by atoms with Gasteiger partial charge < -0.3 is 10.6 Å². The van der Waals surface area contributed by atoms with Gasteiger partial charge >= 0.3 is 0 Å². The molecule has 0 aliphatic carbocycles. The first kappa shape index (κ1) is 10.2. The molecule has 2 N–H and O–H groups in total. The van der Waals surface area contributed by atoms with E-state index in [-0.39, 0.29) is 0 Å². The monoisotopic (exact) mass is 216 g/mol. The smallest absolute Gasteiger partial charge is 0.0406 e. The van der Waals surface area contributed by atoms with Crippen LogP contribution in [0.5, 0.6) is 0 Å². The predicted molar refractivity (Wildman–Crippen MR) is 68.0 cm³/mol. The van der Waals surface area contributed by atoms with Gasteiger partial charge in [-0.25, -0.2) is 0 Å². The molecule has 2 heteroatoms. The van der Waals surface area contributed by atoms with E-state index in [2.05, 4.69) is 35.8 Å². The number of hydrogen-bond acceptors (Lipinski definition) is 2. The second kappa shape index (κ2) is 4.10. The highest BCUT2D eigenvalue weighted by Crippen LogP contribution is 2.40. The molecule has 2 aliphatic rings. The number of piperidine rings is 1. The van der Waals surface area contributed by atoms with Gasteiger partial charge in [-0.05, 0) is 49.9 Å². The summed E-state index contributed by atoms with van der Waals surface area (Å²) in [4.78, 5) is 0. The summed E-state index contributed by atoms with van der Waals surface area (Å²) in [5, 5.41) is 7.05. The first-order chi connectivity index (χ1) is 7.86. The molecular weight excluding hydrogens is 196 g/mol. The van der Waals surface area contributed by atoms with Crippen LogP contribution in [-0.4, -0.2) is 19.6 Å². The van der Waals surface area contributed by atoms with E-state index in [1.54, 1.807) is 5.56 Å². The third-order valence-electron chi connectivity index (χ3n) is 4.16. The molecule has 0 radical (unpaired) electrons. The number of hydrogen-bond donors (Lipinski definition) is 2. The van der Waals surface area contributed by atoms with E-state index in [0.717, 1.165) is 18.4 Å². The van der Waals surface area contributed by atoms with Crippen molar-refractivity contribution >= 4 is 5.69 Å². The Hall–Kier alpha value is -1.02. The van der Waals surface area contributed by atoms with Crippen molar-refractivity contribution in [2.45, 2.75) is 25.7 Å². The number of fused-ring (bicyclic) bond motifs is 1. The van der Waals surface area contributed by atoms with Gasteiger partial charge in [0.25, 0.3) is 0 Å². The lowest BCUT2D eigenvalue weighted by atomic mass is 9.81. The van der Waals surface area contributed by atoms with Crippen molar-refractivity contribution in [3.05, 3.63) is 29.3 Å². The number of nitrogens with one attached hydrogen (secondary N) is 2.